The molecule has 1 N–H and O–H groups in total. The summed E-state index contributed by atoms with van der Waals surface area (Å²) in [6, 6.07) is 6.33. The summed E-state index contributed by atoms with van der Waals surface area (Å²) in [6.45, 7) is 7.92. The average molecular weight is 374 g/mol. The van der Waals surface area contributed by atoms with Crippen LogP contribution in [-0.2, 0) is 11.3 Å². The molecule has 7 heteroatoms. The van der Waals surface area contributed by atoms with E-state index in [4.69, 9.17) is 9.47 Å². The molecular weight excluding hydrogens is 344 g/mol. The first kappa shape index (κ1) is 18.5. The van der Waals surface area contributed by atoms with Gasteiger partial charge in [-0.25, -0.2) is 4.79 Å². The summed E-state index contributed by atoms with van der Waals surface area (Å²) in [5.74, 6) is 0.876. The van der Waals surface area contributed by atoms with E-state index < -0.39 is 0 Å². The van der Waals surface area contributed by atoms with Crippen molar-refractivity contribution in [2.45, 2.75) is 25.4 Å². The molecule has 3 heterocycles. The summed E-state index contributed by atoms with van der Waals surface area (Å²) in [7, 11) is 2.14. The molecule has 0 spiro atoms. The van der Waals surface area contributed by atoms with Crippen LogP contribution >= 0.6 is 0 Å². The Morgan fingerprint density at radius 2 is 1.96 bits per heavy atom. The lowest BCUT2D eigenvalue weighted by atomic mass is 10.0. The molecule has 27 heavy (non-hydrogen) atoms. The van der Waals surface area contributed by atoms with Crippen LogP contribution < -0.4 is 10.1 Å². The molecule has 0 aliphatic carbocycles. The van der Waals surface area contributed by atoms with E-state index >= 15 is 0 Å². The number of morpholine rings is 1. The quantitative estimate of drug-likeness (QED) is 0.852. The van der Waals surface area contributed by atoms with E-state index in [1.165, 1.54) is 0 Å². The van der Waals surface area contributed by atoms with Crippen molar-refractivity contribution in [1.29, 1.82) is 0 Å². The highest BCUT2D eigenvalue weighted by Crippen LogP contribution is 2.30. The number of carbonyl (C=O) groups excluding carboxylic acids is 1. The average Bonchev–Trinajstić information content (AvgIpc) is 2.69. The van der Waals surface area contributed by atoms with Crippen molar-refractivity contribution in [2.75, 3.05) is 64.9 Å². The van der Waals surface area contributed by atoms with Crippen molar-refractivity contribution < 1.29 is 14.3 Å². The third-order valence-corrected chi connectivity index (χ3v) is 5.83. The number of likely N-dealkylation sites (tertiary alicyclic amines) is 1. The Kier molecular flexibility index (Phi) is 5.80. The molecule has 3 aliphatic rings. The van der Waals surface area contributed by atoms with Gasteiger partial charge in [-0.2, -0.15) is 0 Å². The summed E-state index contributed by atoms with van der Waals surface area (Å²) in [4.78, 5) is 19.2. The van der Waals surface area contributed by atoms with E-state index in [0.29, 0.717) is 19.2 Å². The van der Waals surface area contributed by atoms with Gasteiger partial charge in [0.15, 0.2) is 0 Å². The number of ether oxygens (including phenoxy) is 2. The zero-order valence-electron chi connectivity index (χ0n) is 16.2. The van der Waals surface area contributed by atoms with Crippen molar-refractivity contribution in [3.63, 3.8) is 0 Å². The van der Waals surface area contributed by atoms with Crippen LogP contribution in [0.4, 0.5) is 10.5 Å². The lowest BCUT2D eigenvalue weighted by Crippen LogP contribution is -2.49. The zero-order valence-corrected chi connectivity index (χ0v) is 16.2. The fraction of sp³-hybridized carbons (Fsp3) is 0.650. The predicted octanol–water partition coefficient (Wildman–Crippen LogP) is 1.84. The van der Waals surface area contributed by atoms with Gasteiger partial charge in [-0.1, -0.05) is 0 Å². The third kappa shape index (κ3) is 4.54. The maximum Gasteiger partial charge on any atom is 0.322 e. The number of nitrogens with one attached hydrogen (secondary N) is 1. The van der Waals surface area contributed by atoms with Gasteiger partial charge in [-0.15, -0.1) is 0 Å². The van der Waals surface area contributed by atoms with Crippen molar-refractivity contribution >= 4 is 11.7 Å². The first-order chi connectivity index (χ1) is 13.2. The molecule has 2 saturated heterocycles. The number of piperidine rings is 1. The fourth-order valence-electron chi connectivity index (χ4n) is 4.07. The number of rotatable bonds is 5. The highest BCUT2D eigenvalue weighted by molar-refractivity contribution is 5.92. The Labute approximate surface area is 161 Å². The van der Waals surface area contributed by atoms with Crippen LogP contribution in [0.3, 0.4) is 0 Å². The van der Waals surface area contributed by atoms with E-state index in [0.717, 1.165) is 75.8 Å². The molecule has 148 valence electrons. The topological polar surface area (TPSA) is 57.3 Å². The molecule has 2 fully saturated rings. The van der Waals surface area contributed by atoms with Crippen LogP contribution in [0, 0.1) is 0 Å². The van der Waals surface area contributed by atoms with E-state index in [2.05, 4.69) is 28.2 Å². The Balaban J connectivity index is 1.35. The highest BCUT2D eigenvalue weighted by Gasteiger charge is 2.31. The first-order valence-corrected chi connectivity index (χ1v) is 10.0. The summed E-state index contributed by atoms with van der Waals surface area (Å²) >= 11 is 0. The van der Waals surface area contributed by atoms with Gasteiger partial charge in [0.1, 0.15) is 12.4 Å². The smallest absolute Gasteiger partial charge is 0.322 e. The molecule has 7 nitrogen and oxygen atoms in total. The minimum atomic E-state index is 0.0260. The summed E-state index contributed by atoms with van der Waals surface area (Å²) < 4.78 is 11.4. The molecule has 0 saturated carbocycles. The number of fused-ring (bicyclic) bond motifs is 1. The molecule has 1 aromatic carbocycles. The number of urea groups is 1. The Hall–Kier alpha value is -1.83. The van der Waals surface area contributed by atoms with Crippen molar-refractivity contribution in [1.82, 2.24) is 14.7 Å². The van der Waals surface area contributed by atoms with Crippen LogP contribution in [0.5, 0.6) is 5.75 Å². The summed E-state index contributed by atoms with van der Waals surface area (Å²) in [6.07, 6.45) is 2.07. The fourth-order valence-corrected chi connectivity index (χ4v) is 4.07. The molecule has 0 atom stereocenters. The van der Waals surface area contributed by atoms with Gasteiger partial charge in [0, 0.05) is 37.9 Å². The Morgan fingerprint density at radius 3 is 2.74 bits per heavy atom. The predicted molar refractivity (Wildman–Crippen MR) is 104 cm³/mol. The SMILES string of the molecule is CN1CCC(N2Cc3cc(OCCN4CCOCC4)ccc3NC2=O)CC1. The van der Waals surface area contributed by atoms with Gasteiger partial charge in [-0.3, -0.25) is 4.90 Å². The van der Waals surface area contributed by atoms with E-state index in [-0.39, 0.29) is 6.03 Å². The second-order valence-corrected chi connectivity index (χ2v) is 7.71. The Bertz CT molecular complexity index is 655. The summed E-state index contributed by atoms with van der Waals surface area (Å²) in [5.41, 5.74) is 2.04. The molecule has 0 aromatic heterocycles. The molecule has 0 unspecified atom stereocenters. The van der Waals surface area contributed by atoms with Crippen LogP contribution in [0.25, 0.3) is 0 Å². The zero-order chi connectivity index (χ0) is 18.6. The number of benzene rings is 1. The number of amides is 2. The van der Waals surface area contributed by atoms with Gasteiger partial charge >= 0.3 is 6.03 Å². The highest BCUT2D eigenvalue weighted by atomic mass is 16.5. The van der Waals surface area contributed by atoms with Crippen LogP contribution in [0.2, 0.25) is 0 Å². The van der Waals surface area contributed by atoms with Gasteiger partial charge < -0.3 is 24.6 Å². The maximum atomic E-state index is 12.5. The molecule has 0 radical (unpaired) electrons. The molecular formula is C20H30N4O3. The largest absolute Gasteiger partial charge is 0.492 e. The van der Waals surface area contributed by atoms with E-state index in [1.54, 1.807) is 0 Å². The Morgan fingerprint density at radius 1 is 1.19 bits per heavy atom. The van der Waals surface area contributed by atoms with Crippen LogP contribution in [0.1, 0.15) is 18.4 Å². The third-order valence-electron chi connectivity index (χ3n) is 5.83. The normalized spacial score (nSPS) is 22.4. The number of carbonyl (C=O) groups is 1. The van der Waals surface area contributed by atoms with Crippen LogP contribution in [-0.4, -0.2) is 86.4 Å². The van der Waals surface area contributed by atoms with Crippen molar-refractivity contribution in [3.8, 4) is 5.75 Å². The molecule has 1 aromatic rings. The monoisotopic (exact) mass is 374 g/mol. The number of nitrogens with zero attached hydrogens (tertiary/aromatic N) is 3. The number of hydrogen-bond acceptors (Lipinski definition) is 5. The maximum absolute atomic E-state index is 12.5. The minimum absolute atomic E-state index is 0.0260. The standard InChI is InChI=1S/C20H30N4O3/c1-22-6-4-17(5-7-22)24-15-16-14-18(2-3-19(16)21-20(24)25)27-13-10-23-8-11-26-12-9-23/h2-3,14,17H,4-13,15H2,1H3,(H,21,25). The van der Waals surface area contributed by atoms with Crippen molar-refractivity contribution in [2.24, 2.45) is 0 Å². The van der Waals surface area contributed by atoms with E-state index in [1.807, 2.05) is 17.0 Å². The minimum Gasteiger partial charge on any atom is -0.492 e. The van der Waals surface area contributed by atoms with Crippen LogP contribution in [0.15, 0.2) is 18.2 Å². The first-order valence-electron chi connectivity index (χ1n) is 10.0. The van der Waals surface area contributed by atoms with Gasteiger partial charge in [0.2, 0.25) is 0 Å². The second-order valence-electron chi connectivity index (χ2n) is 7.71. The van der Waals surface area contributed by atoms with Crippen molar-refractivity contribution in [3.05, 3.63) is 23.8 Å². The lowest BCUT2D eigenvalue weighted by molar-refractivity contribution is 0.0322. The van der Waals surface area contributed by atoms with Gasteiger partial charge in [-0.05, 0) is 56.7 Å². The summed E-state index contributed by atoms with van der Waals surface area (Å²) in [5, 5.41) is 3.05. The lowest BCUT2D eigenvalue weighted by Gasteiger charge is -2.39. The second kappa shape index (κ2) is 8.46. The molecule has 2 amide bonds. The molecule has 3 aliphatic heterocycles. The number of anilines is 1. The molecule has 4 rings (SSSR count). The van der Waals surface area contributed by atoms with Gasteiger partial charge in [0.25, 0.3) is 0 Å². The number of hydrogen-bond donors (Lipinski definition) is 1. The van der Waals surface area contributed by atoms with Gasteiger partial charge in [0.05, 0.1) is 13.2 Å². The molecule has 0 bridgehead atoms. The van der Waals surface area contributed by atoms with E-state index in [9.17, 15) is 4.79 Å².